The molecule has 0 amide bonds. The van der Waals surface area contributed by atoms with Crippen molar-refractivity contribution in [1.29, 1.82) is 0 Å². The van der Waals surface area contributed by atoms with Crippen molar-refractivity contribution in [2.24, 2.45) is 11.1 Å². The van der Waals surface area contributed by atoms with E-state index in [9.17, 15) is 0 Å². The SMILES string of the molecule is CCCn1c(CCC(C)(C)CCN)nc2ccccc21. The number of benzene rings is 1. The van der Waals surface area contributed by atoms with Crippen LogP contribution in [0.25, 0.3) is 11.0 Å². The van der Waals surface area contributed by atoms with Crippen LogP contribution < -0.4 is 5.73 Å². The number of hydrogen-bond donors (Lipinski definition) is 1. The second-order valence-corrected chi connectivity index (χ2v) is 6.37. The van der Waals surface area contributed by atoms with E-state index in [1.54, 1.807) is 0 Å². The molecule has 0 aliphatic heterocycles. The third kappa shape index (κ3) is 3.40. The molecule has 0 bridgehead atoms. The van der Waals surface area contributed by atoms with Crippen LogP contribution in [0, 0.1) is 5.41 Å². The number of nitrogens with zero attached hydrogens (tertiary/aromatic N) is 2. The zero-order valence-corrected chi connectivity index (χ0v) is 13.0. The molecule has 0 atom stereocenters. The lowest BCUT2D eigenvalue weighted by molar-refractivity contribution is 0.309. The lowest BCUT2D eigenvalue weighted by Crippen LogP contribution is -2.18. The van der Waals surface area contributed by atoms with Crippen LogP contribution in [0.4, 0.5) is 0 Å². The fraction of sp³-hybridized carbons (Fsp3) is 0.588. The van der Waals surface area contributed by atoms with Crippen molar-refractivity contribution in [3.05, 3.63) is 30.1 Å². The third-order valence-corrected chi connectivity index (χ3v) is 4.03. The van der Waals surface area contributed by atoms with E-state index in [4.69, 9.17) is 10.7 Å². The van der Waals surface area contributed by atoms with Crippen molar-refractivity contribution in [3.63, 3.8) is 0 Å². The van der Waals surface area contributed by atoms with Crippen LogP contribution in [-0.4, -0.2) is 16.1 Å². The predicted octanol–water partition coefficient (Wildman–Crippen LogP) is 3.75. The molecule has 1 aromatic heterocycles. The largest absolute Gasteiger partial charge is 0.330 e. The first-order valence-electron chi connectivity index (χ1n) is 7.71. The highest BCUT2D eigenvalue weighted by atomic mass is 15.1. The lowest BCUT2D eigenvalue weighted by Gasteiger charge is -2.23. The number of imidazole rings is 1. The van der Waals surface area contributed by atoms with E-state index in [0.717, 1.165) is 44.3 Å². The van der Waals surface area contributed by atoms with Gasteiger partial charge < -0.3 is 10.3 Å². The Morgan fingerprint density at radius 1 is 1.20 bits per heavy atom. The van der Waals surface area contributed by atoms with Gasteiger partial charge in [0.1, 0.15) is 5.82 Å². The van der Waals surface area contributed by atoms with Crippen LogP contribution in [0.15, 0.2) is 24.3 Å². The van der Waals surface area contributed by atoms with Gasteiger partial charge in [0.25, 0.3) is 0 Å². The van der Waals surface area contributed by atoms with Crippen LogP contribution in [0.5, 0.6) is 0 Å². The van der Waals surface area contributed by atoms with Crippen molar-refractivity contribution in [2.75, 3.05) is 6.54 Å². The quantitative estimate of drug-likeness (QED) is 0.835. The maximum Gasteiger partial charge on any atom is 0.109 e. The summed E-state index contributed by atoms with van der Waals surface area (Å²) in [6.07, 6.45) is 4.37. The van der Waals surface area contributed by atoms with E-state index in [2.05, 4.69) is 49.6 Å². The summed E-state index contributed by atoms with van der Waals surface area (Å²) in [5, 5.41) is 0. The molecule has 0 fully saturated rings. The Kier molecular flexibility index (Phi) is 4.81. The van der Waals surface area contributed by atoms with Crippen LogP contribution in [0.3, 0.4) is 0 Å². The average molecular weight is 273 g/mol. The Morgan fingerprint density at radius 3 is 2.65 bits per heavy atom. The number of nitrogens with two attached hydrogens (primary N) is 1. The molecule has 0 aliphatic rings. The highest BCUT2D eigenvalue weighted by Crippen LogP contribution is 2.27. The fourth-order valence-corrected chi connectivity index (χ4v) is 2.76. The molecule has 2 N–H and O–H groups in total. The zero-order valence-electron chi connectivity index (χ0n) is 13.0. The Bertz CT molecular complexity index is 554. The summed E-state index contributed by atoms with van der Waals surface area (Å²) >= 11 is 0. The summed E-state index contributed by atoms with van der Waals surface area (Å²) in [5.74, 6) is 1.22. The van der Waals surface area contributed by atoms with Crippen molar-refractivity contribution in [3.8, 4) is 0 Å². The monoisotopic (exact) mass is 273 g/mol. The van der Waals surface area contributed by atoms with Gasteiger partial charge >= 0.3 is 0 Å². The highest BCUT2D eigenvalue weighted by Gasteiger charge is 2.19. The first-order chi connectivity index (χ1) is 9.57. The number of fused-ring (bicyclic) bond motifs is 1. The minimum Gasteiger partial charge on any atom is -0.330 e. The summed E-state index contributed by atoms with van der Waals surface area (Å²) < 4.78 is 2.38. The molecule has 0 unspecified atom stereocenters. The minimum atomic E-state index is 0.296. The van der Waals surface area contributed by atoms with Gasteiger partial charge in [-0.3, -0.25) is 0 Å². The summed E-state index contributed by atoms with van der Waals surface area (Å²) in [5.41, 5.74) is 8.38. The zero-order chi connectivity index (χ0) is 14.6. The van der Waals surface area contributed by atoms with Gasteiger partial charge in [0.05, 0.1) is 11.0 Å². The normalized spacial score (nSPS) is 12.2. The first kappa shape index (κ1) is 15.0. The van der Waals surface area contributed by atoms with Gasteiger partial charge in [-0.1, -0.05) is 32.9 Å². The number of hydrogen-bond acceptors (Lipinski definition) is 2. The molecule has 2 rings (SSSR count). The molecule has 0 spiro atoms. The summed E-state index contributed by atoms with van der Waals surface area (Å²) in [6, 6.07) is 8.44. The summed E-state index contributed by atoms with van der Waals surface area (Å²) in [6.45, 7) is 8.63. The Labute approximate surface area is 122 Å². The highest BCUT2D eigenvalue weighted by molar-refractivity contribution is 5.75. The second kappa shape index (κ2) is 6.40. The van der Waals surface area contributed by atoms with E-state index in [1.165, 1.54) is 11.3 Å². The molecule has 0 saturated carbocycles. The topological polar surface area (TPSA) is 43.8 Å². The molecule has 0 aliphatic carbocycles. The van der Waals surface area contributed by atoms with Gasteiger partial charge in [-0.15, -0.1) is 0 Å². The Hall–Kier alpha value is -1.35. The van der Waals surface area contributed by atoms with Crippen LogP contribution >= 0.6 is 0 Å². The smallest absolute Gasteiger partial charge is 0.109 e. The van der Waals surface area contributed by atoms with Crippen LogP contribution in [0.2, 0.25) is 0 Å². The third-order valence-electron chi connectivity index (χ3n) is 4.03. The molecule has 1 aromatic carbocycles. The average Bonchev–Trinajstić information content (AvgIpc) is 2.76. The summed E-state index contributed by atoms with van der Waals surface area (Å²) in [4.78, 5) is 4.83. The van der Waals surface area contributed by atoms with Crippen LogP contribution in [0.1, 0.15) is 45.9 Å². The maximum absolute atomic E-state index is 5.70. The lowest BCUT2D eigenvalue weighted by atomic mass is 9.84. The number of aromatic nitrogens is 2. The Balaban J connectivity index is 2.22. The standard InChI is InChI=1S/C17H27N3/c1-4-13-20-15-8-6-5-7-14(15)19-16(20)9-10-17(2,3)11-12-18/h5-8H,4,9-13,18H2,1-3H3. The van der Waals surface area contributed by atoms with E-state index in [-0.39, 0.29) is 0 Å². The van der Waals surface area contributed by atoms with E-state index in [0.29, 0.717) is 5.41 Å². The predicted molar refractivity (Wildman–Crippen MR) is 85.8 cm³/mol. The number of para-hydroxylation sites is 2. The second-order valence-electron chi connectivity index (χ2n) is 6.37. The summed E-state index contributed by atoms with van der Waals surface area (Å²) in [7, 11) is 0. The van der Waals surface area contributed by atoms with Crippen molar-refractivity contribution in [2.45, 2.75) is 53.0 Å². The molecular formula is C17H27N3. The molecule has 3 nitrogen and oxygen atoms in total. The van der Waals surface area contributed by atoms with E-state index in [1.807, 2.05) is 0 Å². The molecular weight excluding hydrogens is 246 g/mol. The van der Waals surface area contributed by atoms with E-state index < -0.39 is 0 Å². The molecule has 110 valence electrons. The van der Waals surface area contributed by atoms with Crippen molar-refractivity contribution in [1.82, 2.24) is 9.55 Å². The number of aryl methyl sites for hydroxylation is 2. The maximum atomic E-state index is 5.70. The number of rotatable bonds is 7. The minimum absolute atomic E-state index is 0.296. The van der Waals surface area contributed by atoms with Gasteiger partial charge in [0.2, 0.25) is 0 Å². The molecule has 0 radical (unpaired) electrons. The molecule has 0 saturated heterocycles. The Morgan fingerprint density at radius 2 is 1.95 bits per heavy atom. The van der Waals surface area contributed by atoms with Gasteiger partial charge in [-0.2, -0.15) is 0 Å². The van der Waals surface area contributed by atoms with E-state index >= 15 is 0 Å². The van der Waals surface area contributed by atoms with Gasteiger partial charge in [0.15, 0.2) is 0 Å². The fourth-order valence-electron chi connectivity index (χ4n) is 2.76. The van der Waals surface area contributed by atoms with Gasteiger partial charge in [0, 0.05) is 13.0 Å². The molecule has 3 heteroatoms. The van der Waals surface area contributed by atoms with Crippen LogP contribution in [-0.2, 0) is 13.0 Å². The molecule has 20 heavy (non-hydrogen) atoms. The molecule has 1 heterocycles. The van der Waals surface area contributed by atoms with Gasteiger partial charge in [-0.25, -0.2) is 4.98 Å². The van der Waals surface area contributed by atoms with Gasteiger partial charge in [-0.05, 0) is 43.4 Å². The molecule has 2 aromatic rings. The van der Waals surface area contributed by atoms with Crippen molar-refractivity contribution < 1.29 is 0 Å². The first-order valence-corrected chi connectivity index (χ1v) is 7.71. The van der Waals surface area contributed by atoms with Crippen molar-refractivity contribution >= 4 is 11.0 Å².